The second-order valence-corrected chi connectivity index (χ2v) is 5.29. The molecule has 1 unspecified atom stereocenters. The number of hydrogen-bond acceptors (Lipinski definition) is 2. The van der Waals surface area contributed by atoms with Crippen LogP contribution in [0.15, 0.2) is 0 Å². The minimum atomic E-state index is -0.236. The van der Waals surface area contributed by atoms with Crippen LogP contribution in [0.5, 0.6) is 0 Å². The molecule has 2 heteroatoms. The molecule has 0 aliphatic carbocycles. The SMILES string of the molecule is CC(C)C[C@H](NC(C)C)C(O)C(C)C. The van der Waals surface area contributed by atoms with Gasteiger partial charge in [0, 0.05) is 12.1 Å². The smallest absolute Gasteiger partial charge is 0.0716 e. The lowest BCUT2D eigenvalue weighted by atomic mass is 9.92. The molecule has 0 aromatic heterocycles. The van der Waals surface area contributed by atoms with Crippen molar-refractivity contribution in [3.8, 4) is 0 Å². The van der Waals surface area contributed by atoms with Gasteiger partial charge in [-0.2, -0.15) is 0 Å². The standard InChI is InChI=1S/C12H27NO/c1-8(2)7-11(13-10(5)6)12(14)9(3)4/h8-14H,7H2,1-6H3/t11-,12?/m0/s1. The first-order valence-electron chi connectivity index (χ1n) is 5.78. The van der Waals surface area contributed by atoms with Crippen molar-refractivity contribution < 1.29 is 5.11 Å². The fourth-order valence-electron chi connectivity index (χ4n) is 1.71. The van der Waals surface area contributed by atoms with Crippen LogP contribution in [0.3, 0.4) is 0 Å². The van der Waals surface area contributed by atoms with E-state index in [0.717, 1.165) is 6.42 Å². The van der Waals surface area contributed by atoms with Crippen LogP contribution in [-0.4, -0.2) is 23.3 Å². The minimum Gasteiger partial charge on any atom is -0.391 e. The first-order valence-corrected chi connectivity index (χ1v) is 5.78. The highest BCUT2D eigenvalue weighted by molar-refractivity contribution is 4.80. The van der Waals surface area contributed by atoms with Crippen molar-refractivity contribution in [2.24, 2.45) is 11.8 Å². The van der Waals surface area contributed by atoms with Crippen LogP contribution >= 0.6 is 0 Å². The molecule has 2 nitrogen and oxygen atoms in total. The predicted molar refractivity (Wildman–Crippen MR) is 62.4 cm³/mol. The lowest BCUT2D eigenvalue weighted by Crippen LogP contribution is -2.46. The monoisotopic (exact) mass is 201 g/mol. The lowest BCUT2D eigenvalue weighted by Gasteiger charge is -2.30. The third-order valence-corrected chi connectivity index (χ3v) is 2.37. The Bertz CT molecular complexity index is 133. The van der Waals surface area contributed by atoms with Gasteiger partial charge in [0.2, 0.25) is 0 Å². The Labute approximate surface area is 89.1 Å². The first-order chi connectivity index (χ1) is 6.34. The van der Waals surface area contributed by atoms with Crippen LogP contribution in [0, 0.1) is 11.8 Å². The Morgan fingerprint density at radius 2 is 1.50 bits per heavy atom. The van der Waals surface area contributed by atoms with Crippen LogP contribution in [0.25, 0.3) is 0 Å². The Morgan fingerprint density at radius 3 is 1.79 bits per heavy atom. The van der Waals surface area contributed by atoms with E-state index < -0.39 is 0 Å². The van der Waals surface area contributed by atoms with Crippen molar-refractivity contribution in [3.05, 3.63) is 0 Å². The van der Waals surface area contributed by atoms with Crippen LogP contribution in [0.2, 0.25) is 0 Å². The second-order valence-electron chi connectivity index (χ2n) is 5.29. The van der Waals surface area contributed by atoms with Gasteiger partial charge in [-0.3, -0.25) is 0 Å². The molecule has 0 fully saturated rings. The highest BCUT2D eigenvalue weighted by atomic mass is 16.3. The Hall–Kier alpha value is -0.0800. The molecule has 0 aromatic rings. The average molecular weight is 201 g/mol. The van der Waals surface area contributed by atoms with E-state index in [1.165, 1.54) is 0 Å². The summed E-state index contributed by atoms with van der Waals surface area (Å²) in [6.07, 6.45) is 0.803. The molecule has 0 aliphatic heterocycles. The molecule has 86 valence electrons. The van der Waals surface area contributed by atoms with E-state index in [1.54, 1.807) is 0 Å². The van der Waals surface area contributed by atoms with Gasteiger partial charge in [0.05, 0.1) is 6.10 Å². The van der Waals surface area contributed by atoms with Gasteiger partial charge in [-0.05, 0) is 18.3 Å². The quantitative estimate of drug-likeness (QED) is 0.691. The fraction of sp³-hybridized carbons (Fsp3) is 1.00. The summed E-state index contributed by atoms with van der Waals surface area (Å²) in [7, 11) is 0. The number of aliphatic hydroxyl groups is 1. The maximum Gasteiger partial charge on any atom is 0.0716 e. The molecule has 0 rings (SSSR count). The highest BCUT2D eigenvalue weighted by Gasteiger charge is 2.23. The summed E-state index contributed by atoms with van der Waals surface area (Å²) >= 11 is 0. The van der Waals surface area contributed by atoms with Gasteiger partial charge in [-0.1, -0.05) is 41.5 Å². The molecule has 0 bridgehead atoms. The molecular formula is C12H27NO. The molecular weight excluding hydrogens is 174 g/mol. The van der Waals surface area contributed by atoms with E-state index in [2.05, 4.69) is 46.9 Å². The zero-order valence-corrected chi connectivity index (χ0v) is 10.5. The summed E-state index contributed by atoms with van der Waals surface area (Å²) in [6.45, 7) is 12.8. The molecule has 0 spiro atoms. The summed E-state index contributed by atoms with van der Waals surface area (Å²) in [5, 5.41) is 13.5. The van der Waals surface area contributed by atoms with Crippen molar-refractivity contribution in [1.29, 1.82) is 0 Å². The van der Waals surface area contributed by atoms with E-state index in [4.69, 9.17) is 0 Å². The summed E-state index contributed by atoms with van der Waals surface area (Å²) in [4.78, 5) is 0. The summed E-state index contributed by atoms with van der Waals surface area (Å²) in [5.41, 5.74) is 0. The molecule has 2 N–H and O–H groups in total. The van der Waals surface area contributed by atoms with Crippen LogP contribution in [0.4, 0.5) is 0 Å². The Balaban J connectivity index is 4.22. The number of rotatable bonds is 6. The van der Waals surface area contributed by atoms with Crippen molar-refractivity contribution in [3.63, 3.8) is 0 Å². The molecule has 14 heavy (non-hydrogen) atoms. The zero-order valence-electron chi connectivity index (χ0n) is 10.5. The highest BCUT2D eigenvalue weighted by Crippen LogP contribution is 2.14. The summed E-state index contributed by atoms with van der Waals surface area (Å²) < 4.78 is 0. The molecule has 0 aromatic carbocycles. The molecule has 0 aliphatic rings. The number of hydrogen-bond donors (Lipinski definition) is 2. The van der Waals surface area contributed by atoms with E-state index >= 15 is 0 Å². The van der Waals surface area contributed by atoms with Gasteiger partial charge in [0.1, 0.15) is 0 Å². The average Bonchev–Trinajstić information content (AvgIpc) is 1.99. The van der Waals surface area contributed by atoms with Gasteiger partial charge in [-0.15, -0.1) is 0 Å². The second kappa shape index (κ2) is 6.41. The normalized spacial score (nSPS) is 16.7. The number of nitrogens with one attached hydrogen (secondary N) is 1. The van der Waals surface area contributed by atoms with Crippen LogP contribution < -0.4 is 5.32 Å². The van der Waals surface area contributed by atoms with E-state index in [-0.39, 0.29) is 12.1 Å². The lowest BCUT2D eigenvalue weighted by molar-refractivity contribution is 0.0709. The first kappa shape index (κ1) is 13.9. The Morgan fingerprint density at radius 1 is 1.00 bits per heavy atom. The van der Waals surface area contributed by atoms with Crippen molar-refractivity contribution in [1.82, 2.24) is 5.32 Å². The molecule has 0 amide bonds. The van der Waals surface area contributed by atoms with Gasteiger partial charge >= 0.3 is 0 Å². The van der Waals surface area contributed by atoms with Gasteiger partial charge in [0.15, 0.2) is 0 Å². The third kappa shape index (κ3) is 5.61. The maximum absolute atomic E-state index is 10.0. The topological polar surface area (TPSA) is 32.3 Å². The van der Waals surface area contributed by atoms with E-state index in [0.29, 0.717) is 17.9 Å². The Kier molecular flexibility index (Phi) is 6.38. The van der Waals surface area contributed by atoms with Gasteiger partial charge in [0.25, 0.3) is 0 Å². The predicted octanol–water partition coefficient (Wildman–Crippen LogP) is 2.42. The zero-order chi connectivity index (χ0) is 11.3. The summed E-state index contributed by atoms with van der Waals surface area (Å²) in [6, 6.07) is 0.669. The maximum atomic E-state index is 10.0. The van der Waals surface area contributed by atoms with Gasteiger partial charge in [-0.25, -0.2) is 0 Å². The van der Waals surface area contributed by atoms with Crippen LogP contribution in [-0.2, 0) is 0 Å². The van der Waals surface area contributed by atoms with Crippen LogP contribution in [0.1, 0.15) is 48.0 Å². The third-order valence-electron chi connectivity index (χ3n) is 2.37. The van der Waals surface area contributed by atoms with Crippen molar-refractivity contribution >= 4 is 0 Å². The molecule has 0 saturated carbocycles. The molecule has 2 atom stereocenters. The minimum absolute atomic E-state index is 0.231. The van der Waals surface area contributed by atoms with Crippen molar-refractivity contribution in [2.75, 3.05) is 0 Å². The molecule has 0 saturated heterocycles. The van der Waals surface area contributed by atoms with Gasteiger partial charge < -0.3 is 10.4 Å². The van der Waals surface area contributed by atoms with E-state index in [1.807, 2.05) is 0 Å². The largest absolute Gasteiger partial charge is 0.391 e. The number of aliphatic hydroxyl groups excluding tert-OH is 1. The molecule has 0 heterocycles. The van der Waals surface area contributed by atoms with E-state index in [9.17, 15) is 5.11 Å². The molecule has 0 radical (unpaired) electrons. The fourth-order valence-corrected chi connectivity index (χ4v) is 1.71. The summed E-state index contributed by atoms with van der Waals surface area (Å²) in [5.74, 6) is 0.949. The van der Waals surface area contributed by atoms with Crippen molar-refractivity contribution in [2.45, 2.75) is 66.2 Å².